The van der Waals surface area contributed by atoms with Crippen molar-refractivity contribution in [1.82, 2.24) is 4.31 Å². The highest BCUT2D eigenvalue weighted by atomic mass is 32.2. The van der Waals surface area contributed by atoms with Gasteiger partial charge in [-0.15, -0.1) is 0 Å². The van der Waals surface area contributed by atoms with Crippen LogP contribution in [0, 0.1) is 0 Å². The molecule has 5 nitrogen and oxygen atoms in total. The highest BCUT2D eigenvalue weighted by Crippen LogP contribution is 2.31. The van der Waals surface area contributed by atoms with Gasteiger partial charge in [-0.1, -0.05) is 44.2 Å². The Morgan fingerprint density at radius 2 is 1.81 bits per heavy atom. The van der Waals surface area contributed by atoms with Gasteiger partial charge < -0.3 is 4.90 Å². The number of carbonyl (C=O) groups excluding carboxylic acids is 1. The molecular formula is C21H24N2O3S. The molecule has 0 bridgehead atoms. The van der Waals surface area contributed by atoms with Crippen LogP contribution in [0.3, 0.4) is 0 Å². The third-order valence-corrected chi connectivity index (χ3v) is 6.82. The third-order valence-electron chi connectivity index (χ3n) is 4.77. The maximum Gasteiger partial charge on any atom is 0.251 e. The molecule has 0 N–H and O–H groups in total. The minimum Gasteiger partial charge on any atom is -0.308 e. The van der Waals surface area contributed by atoms with Crippen molar-refractivity contribution in [2.75, 3.05) is 24.5 Å². The van der Waals surface area contributed by atoms with Crippen molar-refractivity contribution in [3.63, 3.8) is 0 Å². The predicted molar refractivity (Wildman–Crippen MR) is 108 cm³/mol. The monoisotopic (exact) mass is 384 g/mol. The van der Waals surface area contributed by atoms with Crippen molar-refractivity contribution in [3.8, 4) is 0 Å². The number of anilines is 1. The van der Waals surface area contributed by atoms with E-state index < -0.39 is 10.0 Å². The van der Waals surface area contributed by atoms with Crippen LogP contribution >= 0.6 is 0 Å². The molecule has 6 heteroatoms. The summed E-state index contributed by atoms with van der Waals surface area (Å²) in [4.78, 5) is 14.6. The second-order valence-electron chi connectivity index (χ2n) is 6.36. The van der Waals surface area contributed by atoms with Crippen LogP contribution in [-0.2, 0) is 21.2 Å². The second kappa shape index (κ2) is 8.06. The molecule has 27 heavy (non-hydrogen) atoms. The number of carbonyl (C=O) groups is 1. The standard InChI is InChI=1S/C21H24N2O3S/c1-3-22(4-2)27(25,26)19-11-12-20-18(16-19)14-15-23(20)21(24)13-10-17-8-6-5-7-9-17/h5-13,16H,3-4,14-15H2,1-2H3/b13-10-. The van der Waals surface area contributed by atoms with E-state index in [0.29, 0.717) is 31.0 Å². The van der Waals surface area contributed by atoms with Crippen LogP contribution in [0.5, 0.6) is 0 Å². The van der Waals surface area contributed by atoms with Crippen LogP contribution in [0.25, 0.3) is 6.08 Å². The normalized spacial score (nSPS) is 14.1. The maximum absolute atomic E-state index is 12.7. The van der Waals surface area contributed by atoms with Crippen LogP contribution in [-0.4, -0.2) is 38.3 Å². The molecule has 3 rings (SSSR count). The van der Waals surface area contributed by atoms with E-state index in [9.17, 15) is 13.2 Å². The van der Waals surface area contributed by atoms with Gasteiger partial charge in [-0.2, -0.15) is 4.31 Å². The van der Waals surface area contributed by atoms with Gasteiger partial charge in [-0.3, -0.25) is 4.79 Å². The Bertz CT molecular complexity index is 949. The first-order chi connectivity index (χ1) is 13.0. The number of rotatable bonds is 6. The highest BCUT2D eigenvalue weighted by Gasteiger charge is 2.27. The van der Waals surface area contributed by atoms with E-state index in [1.807, 2.05) is 44.2 Å². The number of hydrogen-bond acceptors (Lipinski definition) is 3. The lowest BCUT2D eigenvalue weighted by Gasteiger charge is -2.19. The summed E-state index contributed by atoms with van der Waals surface area (Å²) < 4.78 is 26.8. The lowest BCUT2D eigenvalue weighted by molar-refractivity contribution is -0.114. The van der Waals surface area contributed by atoms with Crippen molar-refractivity contribution < 1.29 is 13.2 Å². The van der Waals surface area contributed by atoms with Gasteiger partial charge in [0.1, 0.15) is 0 Å². The molecule has 2 aromatic rings. The molecule has 0 saturated carbocycles. The smallest absolute Gasteiger partial charge is 0.251 e. The number of sulfonamides is 1. The van der Waals surface area contributed by atoms with Crippen LogP contribution in [0.15, 0.2) is 59.5 Å². The molecule has 0 atom stereocenters. The third kappa shape index (κ3) is 3.96. The SMILES string of the molecule is CCN(CC)S(=O)(=O)c1ccc2c(c1)CCN2C(=O)/C=C\c1ccccc1. The van der Waals surface area contributed by atoms with E-state index in [1.165, 1.54) is 4.31 Å². The first-order valence-corrected chi connectivity index (χ1v) is 10.6. The quantitative estimate of drug-likeness (QED) is 0.718. The van der Waals surface area contributed by atoms with Gasteiger partial charge in [0.25, 0.3) is 5.91 Å². The van der Waals surface area contributed by atoms with E-state index >= 15 is 0 Å². The lowest BCUT2D eigenvalue weighted by atomic mass is 10.2. The first-order valence-electron chi connectivity index (χ1n) is 9.15. The highest BCUT2D eigenvalue weighted by molar-refractivity contribution is 7.89. The molecule has 2 aromatic carbocycles. The molecule has 0 unspecified atom stereocenters. The predicted octanol–water partition coefficient (Wildman–Crippen LogP) is 3.32. The molecule has 1 aliphatic rings. The van der Waals surface area contributed by atoms with Gasteiger partial charge in [0.05, 0.1) is 4.90 Å². The van der Waals surface area contributed by atoms with E-state index in [4.69, 9.17) is 0 Å². The average molecular weight is 385 g/mol. The van der Waals surface area contributed by atoms with Crippen molar-refractivity contribution in [1.29, 1.82) is 0 Å². The van der Waals surface area contributed by atoms with Crippen LogP contribution < -0.4 is 4.90 Å². The summed E-state index contributed by atoms with van der Waals surface area (Å²) in [7, 11) is -3.49. The van der Waals surface area contributed by atoms with Crippen molar-refractivity contribution >= 4 is 27.7 Å². The first kappa shape index (κ1) is 19.3. The molecular weight excluding hydrogens is 360 g/mol. The van der Waals surface area contributed by atoms with E-state index in [-0.39, 0.29) is 5.91 Å². The minimum absolute atomic E-state index is 0.100. The van der Waals surface area contributed by atoms with Gasteiger partial charge in [0.2, 0.25) is 10.0 Å². The fraction of sp³-hybridized carbons (Fsp3) is 0.286. The largest absolute Gasteiger partial charge is 0.308 e. The Morgan fingerprint density at radius 1 is 1.11 bits per heavy atom. The number of amides is 1. The number of benzene rings is 2. The fourth-order valence-corrected chi connectivity index (χ4v) is 4.81. The van der Waals surface area contributed by atoms with Gasteiger partial charge in [-0.25, -0.2) is 8.42 Å². The zero-order valence-corrected chi connectivity index (χ0v) is 16.4. The Morgan fingerprint density at radius 3 is 2.48 bits per heavy atom. The van der Waals surface area contributed by atoms with Crippen molar-refractivity contribution in [2.45, 2.75) is 25.2 Å². The molecule has 0 radical (unpaired) electrons. The molecule has 1 amide bonds. The molecule has 0 aromatic heterocycles. The summed E-state index contributed by atoms with van der Waals surface area (Å²) in [5.74, 6) is -0.100. The Labute approximate surface area is 161 Å². The molecule has 142 valence electrons. The lowest BCUT2D eigenvalue weighted by Crippen LogP contribution is -2.30. The zero-order valence-electron chi connectivity index (χ0n) is 15.6. The van der Waals surface area contributed by atoms with E-state index in [0.717, 1.165) is 16.8 Å². The topological polar surface area (TPSA) is 57.7 Å². The van der Waals surface area contributed by atoms with E-state index in [1.54, 1.807) is 35.3 Å². The van der Waals surface area contributed by atoms with Gasteiger partial charge in [0, 0.05) is 31.4 Å². The number of fused-ring (bicyclic) bond motifs is 1. The van der Waals surface area contributed by atoms with E-state index in [2.05, 4.69) is 0 Å². The van der Waals surface area contributed by atoms with Gasteiger partial charge >= 0.3 is 0 Å². The van der Waals surface area contributed by atoms with Gasteiger partial charge in [-0.05, 0) is 41.8 Å². The molecule has 1 aliphatic heterocycles. The number of hydrogen-bond donors (Lipinski definition) is 0. The summed E-state index contributed by atoms with van der Waals surface area (Å²) in [5.41, 5.74) is 2.65. The second-order valence-corrected chi connectivity index (χ2v) is 8.30. The molecule has 0 fully saturated rings. The molecule has 0 spiro atoms. The van der Waals surface area contributed by atoms with Crippen LogP contribution in [0.1, 0.15) is 25.0 Å². The summed E-state index contributed by atoms with van der Waals surface area (Å²) in [6, 6.07) is 14.7. The molecule has 0 aliphatic carbocycles. The Balaban J connectivity index is 1.82. The molecule has 0 saturated heterocycles. The minimum atomic E-state index is -3.49. The van der Waals surface area contributed by atoms with Crippen molar-refractivity contribution in [3.05, 3.63) is 65.7 Å². The Hall–Kier alpha value is -2.44. The van der Waals surface area contributed by atoms with Crippen LogP contribution in [0.2, 0.25) is 0 Å². The van der Waals surface area contributed by atoms with Crippen molar-refractivity contribution in [2.24, 2.45) is 0 Å². The summed E-state index contributed by atoms with van der Waals surface area (Å²) >= 11 is 0. The fourth-order valence-electron chi connectivity index (χ4n) is 3.30. The maximum atomic E-state index is 12.7. The van der Waals surface area contributed by atoms with Crippen LogP contribution in [0.4, 0.5) is 5.69 Å². The Kier molecular flexibility index (Phi) is 5.77. The summed E-state index contributed by atoms with van der Waals surface area (Å²) in [6.45, 7) is 5.08. The summed E-state index contributed by atoms with van der Waals surface area (Å²) in [6.07, 6.45) is 4.01. The average Bonchev–Trinajstić information content (AvgIpc) is 3.11. The zero-order chi connectivity index (χ0) is 19.4. The van der Waals surface area contributed by atoms with Gasteiger partial charge in [0.15, 0.2) is 0 Å². The molecule has 1 heterocycles. The summed E-state index contributed by atoms with van der Waals surface area (Å²) in [5, 5.41) is 0. The number of nitrogens with zero attached hydrogens (tertiary/aromatic N) is 2.